The van der Waals surface area contributed by atoms with Crippen LogP contribution in [0, 0.1) is 19.7 Å². The number of nitrogens with one attached hydrogen (secondary N) is 1. The standard InChI is InChI=1S/C25H22FN3O3/c1-4-17-5-9-21(10-6-17)29-24(31)22(23(30)27-25(29)32)14-18-13-15(2)28(16(18)3)20-11-7-19(26)8-12-20/h5-14H,4H2,1-3H3,(H,27,30,32)/b22-14-. The first-order chi connectivity index (χ1) is 15.3. The van der Waals surface area contributed by atoms with Gasteiger partial charge < -0.3 is 4.57 Å². The van der Waals surface area contributed by atoms with E-state index >= 15 is 0 Å². The van der Waals surface area contributed by atoms with E-state index in [0.717, 1.165) is 34.0 Å². The van der Waals surface area contributed by atoms with E-state index in [9.17, 15) is 18.8 Å². The summed E-state index contributed by atoms with van der Waals surface area (Å²) in [5.41, 5.74) is 4.37. The van der Waals surface area contributed by atoms with E-state index in [1.54, 1.807) is 24.3 Å². The Morgan fingerprint density at radius 3 is 2.19 bits per heavy atom. The number of aryl methyl sites for hydroxylation is 2. The van der Waals surface area contributed by atoms with Crippen molar-refractivity contribution in [2.24, 2.45) is 0 Å². The fourth-order valence-corrected chi connectivity index (χ4v) is 3.85. The van der Waals surface area contributed by atoms with Gasteiger partial charge >= 0.3 is 6.03 Å². The predicted octanol–water partition coefficient (Wildman–Crippen LogP) is 4.46. The van der Waals surface area contributed by atoms with Gasteiger partial charge in [-0.25, -0.2) is 14.1 Å². The molecule has 1 saturated heterocycles. The summed E-state index contributed by atoms with van der Waals surface area (Å²) in [6.07, 6.45) is 2.31. The number of hydrogen-bond acceptors (Lipinski definition) is 3. The second kappa shape index (κ2) is 8.26. The van der Waals surface area contributed by atoms with Gasteiger partial charge in [0.2, 0.25) is 0 Å². The van der Waals surface area contributed by atoms with Crippen molar-refractivity contribution in [1.82, 2.24) is 9.88 Å². The third-order valence-corrected chi connectivity index (χ3v) is 5.56. The zero-order valence-corrected chi connectivity index (χ0v) is 18.0. The fraction of sp³-hybridized carbons (Fsp3) is 0.160. The lowest BCUT2D eigenvalue weighted by atomic mass is 10.1. The number of rotatable bonds is 4. The van der Waals surface area contributed by atoms with Crippen molar-refractivity contribution in [3.63, 3.8) is 0 Å². The lowest BCUT2D eigenvalue weighted by Gasteiger charge is -2.26. The first kappa shape index (κ1) is 21.2. The second-order valence-electron chi connectivity index (χ2n) is 7.62. The van der Waals surface area contributed by atoms with Gasteiger partial charge in [-0.2, -0.15) is 0 Å². The quantitative estimate of drug-likeness (QED) is 0.490. The molecule has 1 N–H and O–H groups in total. The molecule has 1 aliphatic heterocycles. The molecule has 0 aliphatic carbocycles. The van der Waals surface area contributed by atoms with Crippen LogP contribution >= 0.6 is 0 Å². The Balaban J connectivity index is 1.73. The normalized spacial score (nSPS) is 15.4. The largest absolute Gasteiger partial charge is 0.335 e. The summed E-state index contributed by atoms with van der Waals surface area (Å²) < 4.78 is 15.2. The molecule has 1 aliphatic rings. The number of nitrogens with zero attached hydrogens (tertiary/aromatic N) is 2. The number of carbonyl (C=O) groups is 3. The highest BCUT2D eigenvalue weighted by atomic mass is 19.1. The summed E-state index contributed by atoms with van der Waals surface area (Å²) in [6, 6.07) is 14.2. The van der Waals surface area contributed by atoms with Gasteiger partial charge in [0, 0.05) is 17.1 Å². The smallest absolute Gasteiger partial charge is 0.318 e. The fourth-order valence-electron chi connectivity index (χ4n) is 3.85. The molecule has 162 valence electrons. The zero-order valence-electron chi connectivity index (χ0n) is 18.0. The molecule has 4 rings (SSSR count). The van der Waals surface area contributed by atoms with Gasteiger partial charge in [-0.15, -0.1) is 0 Å². The van der Waals surface area contributed by atoms with E-state index in [1.807, 2.05) is 43.5 Å². The van der Waals surface area contributed by atoms with Crippen molar-refractivity contribution < 1.29 is 18.8 Å². The lowest BCUT2D eigenvalue weighted by Crippen LogP contribution is -2.54. The van der Waals surface area contributed by atoms with E-state index in [1.165, 1.54) is 18.2 Å². The average molecular weight is 431 g/mol. The van der Waals surface area contributed by atoms with Crippen LogP contribution in [0.1, 0.15) is 29.4 Å². The molecule has 0 radical (unpaired) electrons. The highest BCUT2D eigenvalue weighted by molar-refractivity contribution is 6.39. The number of carbonyl (C=O) groups excluding carboxylic acids is 3. The van der Waals surface area contributed by atoms with Crippen LogP contribution in [0.4, 0.5) is 14.9 Å². The molecule has 0 spiro atoms. The number of hydrogen-bond donors (Lipinski definition) is 1. The number of aromatic nitrogens is 1. The van der Waals surface area contributed by atoms with E-state index in [0.29, 0.717) is 11.3 Å². The molecule has 0 bridgehead atoms. The van der Waals surface area contributed by atoms with E-state index in [2.05, 4.69) is 5.32 Å². The highest BCUT2D eigenvalue weighted by Crippen LogP contribution is 2.26. The number of anilines is 1. The Labute approximate surface area is 185 Å². The van der Waals surface area contributed by atoms with Crippen molar-refractivity contribution >= 4 is 29.6 Å². The van der Waals surface area contributed by atoms with E-state index < -0.39 is 17.8 Å². The van der Waals surface area contributed by atoms with Crippen LogP contribution in [0.3, 0.4) is 0 Å². The molecule has 7 heteroatoms. The molecular weight excluding hydrogens is 409 g/mol. The van der Waals surface area contributed by atoms with Gasteiger partial charge in [-0.1, -0.05) is 19.1 Å². The van der Waals surface area contributed by atoms with Gasteiger partial charge in [0.15, 0.2) is 0 Å². The Hall–Kier alpha value is -4.00. The summed E-state index contributed by atoms with van der Waals surface area (Å²) in [6.45, 7) is 5.74. The van der Waals surface area contributed by atoms with Gasteiger partial charge in [0.25, 0.3) is 11.8 Å². The van der Waals surface area contributed by atoms with Gasteiger partial charge in [0.05, 0.1) is 5.69 Å². The minimum atomic E-state index is -0.779. The Morgan fingerprint density at radius 1 is 0.938 bits per heavy atom. The van der Waals surface area contributed by atoms with Crippen LogP contribution in [-0.2, 0) is 16.0 Å². The highest BCUT2D eigenvalue weighted by Gasteiger charge is 2.37. The first-order valence-corrected chi connectivity index (χ1v) is 10.3. The molecule has 4 amide bonds. The summed E-state index contributed by atoms with van der Waals surface area (Å²) >= 11 is 0. The molecule has 2 heterocycles. The van der Waals surface area contributed by atoms with Gasteiger partial charge in [0.1, 0.15) is 11.4 Å². The van der Waals surface area contributed by atoms with Crippen LogP contribution in [0.25, 0.3) is 11.8 Å². The number of halogens is 1. The first-order valence-electron chi connectivity index (χ1n) is 10.3. The van der Waals surface area contributed by atoms with Crippen molar-refractivity contribution in [2.75, 3.05) is 4.90 Å². The number of imide groups is 2. The minimum absolute atomic E-state index is 0.136. The van der Waals surface area contributed by atoms with Crippen molar-refractivity contribution in [3.8, 4) is 5.69 Å². The number of urea groups is 1. The average Bonchev–Trinajstić information content (AvgIpc) is 3.05. The summed E-state index contributed by atoms with van der Waals surface area (Å²) in [5, 5.41) is 2.25. The van der Waals surface area contributed by atoms with E-state index in [4.69, 9.17) is 0 Å². The second-order valence-corrected chi connectivity index (χ2v) is 7.62. The molecule has 32 heavy (non-hydrogen) atoms. The maximum Gasteiger partial charge on any atom is 0.335 e. The van der Waals surface area contributed by atoms with Crippen LogP contribution in [0.5, 0.6) is 0 Å². The molecule has 1 aromatic heterocycles. The number of amides is 4. The molecule has 0 unspecified atom stereocenters. The minimum Gasteiger partial charge on any atom is -0.318 e. The molecule has 2 aromatic carbocycles. The maximum absolute atomic E-state index is 13.3. The topological polar surface area (TPSA) is 71.4 Å². The molecule has 0 saturated carbocycles. The molecule has 6 nitrogen and oxygen atoms in total. The number of barbiturate groups is 1. The third kappa shape index (κ3) is 3.73. The van der Waals surface area contributed by atoms with Gasteiger partial charge in [-0.3, -0.25) is 14.9 Å². The van der Waals surface area contributed by atoms with Crippen LogP contribution < -0.4 is 10.2 Å². The zero-order chi connectivity index (χ0) is 23.0. The van der Waals surface area contributed by atoms with Crippen molar-refractivity contribution in [2.45, 2.75) is 27.2 Å². The number of benzene rings is 2. The summed E-state index contributed by atoms with van der Waals surface area (Å²) in [7, 11) is 0. The van der Waals surface area contributed by atoms with Crippen LogP contribution in [0.2, 0.25) is 0 Å². The Morgan fingerprint density at radius 2 is 1.56 bits per heavy atom. The molecular formula is C25H22FN3O3. The van der Waals surface area contributed by atoms with E-state index in [-0.39, 0.29) is 11.4 Å². The molecule has 3 aromatic rings. The monoisotopic (exact) mass is 431 g/mol. The SMILES string of the molecule is CCc1ccc(N2C(=O)NC(=O)/C(=C/c3cc(C)n(-c4ccc(F)cc4)c3C)C2=O)cc1. The van der Waals surface area contributed by atoms with Gasteiger partial charge in [-0.05, 0) is 79.9 Å². The maximum atomic E-state index is 13.3. The predicted molar refractivity (Wildman–Crippen MR) is 120 cm³/mol. The summed E-state index contributed by atoms with van der Waals surface area (Å²) in [4.78, 5) is 39.0. The molecule has 0 atom stereocenters. The van der Waals surface area contributed by atoms with Crippen molar-refractivity contribution in [3.05, 3.63) is 88.5 Å². The van der Waals surface area contributed by atoms with Crippen LogP contribution in [-0.4, -0.2) is 22.4 Å². The lowest BCUT2D eigenvalue weighted by molar-refractivity contribution is -0.122. The van der Waals surface area contributed by atoms with Crippen molar-refractivity contribution in [1.29, 1.82) is 0 Å². The van der Waals surface area contributed by atoms with Crippen LogP contribution in [0.15, 0.2) is 60.2 Å². The Bertz CT molecular complexity index is 1250. The molecule has 1 fully saturated rings. The summed E-state index contributed by atoms with van der Waals surface area (Å²) in [5.74, 6) is -1.76. The Kier molecular flexibility index (Phi) is 5.48. The third-order valence-electron chi connectivity index (χ3n) is 5.56.